The summed E-state index contributed by atoms with van der Waals surface area (Å²) in [5.41, 5.74) is 2.33. The number of guanidine groups is 1. The van der Waals surface area contributed by atoms with Crippen LogP contribution in [0.4, 0.5) is 0 Å². The van der Waals surface area contributed by atoms with Gasteiger partial charge in [-0.15, -0.1) is 0 Å². The van der Waals surface area contributed by atoms with Crippen LogP contribution in [0.1, 0.15) is 37.8 Å². The number of ether oxygens (including phenoxy) is 2. The zero-order chi connectivity index (χ0) is 18.1. The average Bonchev–Trinajstić information content (AvgIpc) is 2.96. The van der Waals surface area contributed by atoms with Gasteiger partial charge in [0.15, 0.2) is 5.96 Å². The van der Waals surface area contributed by atoms with E-state index in [4.69, 9.17) is 9.47 Å². The number of aliphatic imine (C=N–C) groups is 1. The summed E-state index contributed by atoms with van der Waals surface area (Å²) in [6.45, 7) is 6.36. The summed E-state index contributed by atoms with van der Waals surface area (Å²) in [6, 6.07) is 4.22. The Morgan fingerprint density at radius 1 is 1.36 bits per heavy atom. The lowest BCUT2D eigenvalue weighted by Gasteiger charge is -2.15. The largest absolute Gasteiger partial charge is 0.494 e. The third-order valence-corrected chi connectivity index (χ3v) is 4.81. The SMILES string of the molecule is CCOc1cc2c(cc1CNC(=NC)NCCCCSC)OC(C)C2. The minimum Gasteiger partial charge on any atom is -0.494 e. The molecule has 1 unspecified atom stereocenters. The van der Waals surface area contributed by atoms with Crippen LogP contribution in [0, 0.1) is 0 Å². The molecular formula is C19H31N3O2S. The van der Waals surface area contributed by atoms with Gasteiger partial charge in [0.1, 0.15) is 17.6 Å². The van der Waals surface area contributed by atoms with Gasteiger partial charge in [0.05, 0.1) is 6.61 Å². The van der Waals surface area contributed by atoms with Gasteiger partial charge >= 0.3 is 0 Å². The summed E-state index contributed by atoms with van der Waals surface area (Å²) in [5.74, 6) is 3.94. The van der Waals surface area contributed by atoms with Crippen molar-refractivity contribution in [2.24, 2.45) is 4.99 Å². The topological polar surface area (TPSA) is 54.9 Å². The van der Waals surface area contributed by atoms with Crippen molar-refractivity contribution in [3.8, 4) is 11.5 Å². The molecule has 0 aliphatic carbocycles. The number of rotatable bonds is 9. The van der Waals surface area contributed by atoms with Crippen molar-refractivity contribution in [1.82, 2.24) is 10.6 Å². The molecule has 1 atom stereocenters. The van der Waals surface area contributed by atoms with E-state index in [9.17, 15) is 0 Å². The van der Waals surface area contributed by atoms with Crippen molar-refractivity contribution < 1.29 is 9.47 Å². The van der Waals surface area contributed by atoms with E-state index < -0.39 is 0 Å². The second-order valence-corrected chi connectivity index (χ2v) is 7.17. The Balaban J connectivity index is 1.93. The third kappa shape index (κ3) is 6.03. The van der Waals surface area contributed by atoms with Crippen LogP contribution in [0.3, 0.4) is 0 Å². The van der Waals surface area contributed by atoms with E-state index in [1.165, 1.54) is 17.7 Å². The summed E-state index contributed by atoms with van der Waals surface area (Å²) in [7, 11) is 1.80. The van der Waals surface area contributed by atoms with Gasteiger partial charge in [-0.25, -0.2) is 0 Å². The van der Waals surface area contributed by atoms with Crippen LogP contribution in [0.25, 0.3) is 0 Å². The second-order valence-electron chi connectivity index (χ2n) is 6.19. The Bertz CT molecular complexity index is 578. The Hall–Kier alpha value is -1.56. The fourth-order valence-corrected chi connectivity index (χ4v) is 3.38. The first-order chi connectivity index (χ1) is 12.2. The molecule has 0 spiro atoms. The maximum atomic E-state index is 5.88. The molecule has 2 N–H and O–H groups in total. The molecule has 0 saturated carbocycles. The Labute approximate surface area is 156 Å². The molecule has 0 radical (unpaired) electrons. The molecule has 0 fully saturated rings. The molecule has 2 rings (SSSR count). The van der Waals surface area contributed by atoms with Gasteiger partial charge in [0.25, 0.3) is 0 Å². The van der Waals surface area contributed by atoms with Gasteiger partial charge in [0, 0.05) is 37.7 Å². The number of nitrogens with one attached hydrogen (secondary N) is 2. The first-order valence-electron chi connectivity index (χ1n) is 9.06. The zero-order valence-corrected chi connectivity index (χ0v) is 16.7. The summed E-state index contributed by atoms with van der Waals surface area (Å²) in [4.78, 5) is 4.30. The first-order valence-corrected chi connectivity index (χ1v) is 10.5. The van der Waals surface area contributed by atoms with Crippen molar-refractivity contribution in [3.63, 3.8) is 0 Å². The average molecular weight is 366 g/mol. The number of benzene rings is 1. The molecule has 1 aromatic rings. The fourth-order valence-electron chi connectivity index (χ4n) is 2.89. The first kappa shape index (κ1) is 19.8. The van der Waals surface area contributed by atoms with Gasteiger partial charge in [-0.2, -0.15) is 11.8 Å². The quantitative estimate of drug-likeness (QED) is 0.400. The van der Waals surface area contributed by atoms with Crippen LogP contribution in [0.5, 0.6) is 11.5 Å². The van der Waals surface area contributed by atoms with E-state index in [0.29, 0.717) is 13.2 Å². The van der Waals surface area contributed by atoms with Crippen LogP contribution < -0.4 is 20.1 Å². The normalized spacial score (nSPS) is 16.3. The van der Waals surface area contributed by atoms with Crippen molar-refractivity contribution in [1.29, 1.82) is 0 Å². The molecule has 0 saturated heterocycles. The smallest absolute Gasteiger partial charge is 0.191 e. The van der Waals surface area contributed by atoms with Crippen molar-refractivity contribution in [2.75, 3.05) is 32.2 Å². The number of hydrogen-bond acceptors (Lipinski definition) is 4. The fraction of sp³-hybridized carbons (Fsp3) is 0.632. The van der Waals surface area contributed by atoms with Gasteiger partial charge in [0.2, 0.25) is 0 Å². The van der Waals surface area contributed by atoms with Gasteiger partial charge < -0.3 is 20.1 Å². The third-order valence-electron chi connectivity index (χ3n) is 4.12. The van der Waals surface area contributed by atoms with Gasteiger partial charge in [-0.05, 0) is 50.8 Å². The number of thioether (sulfide) groups is 1. The van der Waals surface area contributed by atoms with Gasteiger partial charge in [-0.3, -0.25) is 4.99 Å². The van der Waals surface area contributed by atoms with Crippen LogP contribution in [0.2, 0.25) is 0 Å². The summed E-state index contributed by atoms with van der Waals surface area (Å²) in [6.07, 6.45) is 5.70. The van der Waals surface area contributed by atoms with Crippen LogP contribution in [-0.4, -0.2) is 44.3 Å². The predicted molar refractivity (Wildman–Crippen MR) is 107 cm³/mol. The summed E-state index contributed by atoms with van der Waals surface area (Å²) < 4.78 is 11.7. The number of nitrogens with zero attached hydrogens (tertiary/aromatic N) is 1. The van der Waals surface area contributed by atoms with Crippen LogP contribution >= 0.6 is 11.8 Å². The zero-order valence-electron chi connectivity index (χ0n) is 15.9. The highest BCUT2D eigenvalue weighted by Gasteiger charge is 2.21. The molecule has 0 bridgehead atoms. The summed E-state index contributed by atoms with van der Waals surface area (Å²) in [5, 5.41) is 6.74. The predicted octanol–water partition coefficient (Wildman–Crippen LogP) is 3.22. The Kier molecular flexibility index (Phi) is 8.25. The molecule has 0 amide bonds. The van der Waals surface area contributed by atoms with E-state index in [-0.39, 0.29) is 6.10 Å². The van der Waals surface area contributed by atoms with Crippen LogP contribution in [-0.2, 0) is 13.0 Å². The van der Waals surface area contributed by atoms with E-state index in [2.05, 4.69) is 40.9 Å². The van der Waals surface area contributed by atoms with Crippen molar-refractivity contribution in [3.05, 3.63) is 23.3 Å². The standard InChI is InChI=1S/C19H31N3O2S/c1-5-23-17-11-15-10-14(2)24-18(15)12-16(17)13-22-19(20-3)21-8-6-7-9-25-4/h11-12,14H,5-10,13H2,1-4H3,(H2,20,21,22). The molecule has 5 nitrogen and oxygen atoms in total. The van der Waals surface area contributed by atoms with Gasteiger partial charge in [-0.1, -0.05) is 0 Å². The Morgan fingerprint density at radius 2 is 2.20 bits per heavy atom. The maximum absolute atomic E-state index is 5.88. The van der Waals surface area contributed by atoms with Crippen LogP contribution in [0.15, 0.2) is 17.1 Å². The lowest BCUT2D eigenvalue weighted by Crippen LogP contribution is -2.37. The maximum Gasteiger partial charge on any atom is 0.191 e. The molecule has 1 aliphatic heterocycles. The molecule has 1 aliphatic rings. The second kappa shape index (κ2) is 10.4. The lowest BCUT2D eigenvalue weighted by atomic mass is 10.1. The molecule has 0 aromatic heterocycles. The van der Waals surface area contributed by atoms with E-state index >= 15 is 0 Å². The number of hydrogen-bond donors (Lipinski definition) is 2. The minimum absolute atomic E-state index is 0.239. The Morgan fingerprint density at radius 3 is 2.92 bits per heavy atom. The van der Waals surface area contributed by atoms with E-state index in [0.717, 1.165) is 42.4 Å². The van der Waals surface area contributed by atoms with E-state index in [1.807, 2.05) is 18.7 Å². The molecule has 1 aromatic carbocycles. The highest BCUT2D eigenvalue weighted by molar-refractivity contribution is 7.98. The monoisotopic (exact) mass is 365 g/mol. The molecule has 6 heteroatoms. The molecule has 140 valence electrons. The summed E-state index contributed by atoms with van der Waals surface area (Å²) >= 11 is 1.89. The highest BCUT2D eigenvalue weighted by atomic mass is 32.2. The van der Waals surface area contributed by atoms with Crippen molar-refractivity contribution in [2.45, 2.75) is 45.8 Å². The molecule has 25 heavy (non-hydrogen) atoms. The van der Waals surface area contributed by atoms with Crippen molar-refractivity contribution >= 4 is 17.7 Å². The number of fused-ring (bicyclic) bond motifs is 1. The molecule has 1 heterocycles. The minimum atomic E-state index is 0.239. The number of unbranched alkanes of at least 4 members (excludes halogenated alkanes) is 1. The van der Waals surface area contributed by atoms with E-state index in [1.54, 1.807) is 7.05 Å². The lowest BCUT2D eigenvalue weighted by molar-refractivity contribution is 0.254. The molecular weight excluding hydrogens is 334 g/mol. The highest BCUT2D eigenvalue weighted by Crippen LogP contribution is 2.35.